The van der Waals surface area contributed by atoms with Gasteiger partial charge in [-0.1, -0.05) is 32.0 Å². The number of nitrogens with two attached hydrogens (primary N) is 1. The zero-order valence-corrected chi connectivity index (χ0v) is 24.6. The van der Waals surface area contributed by atoms with Crippen LogP contribution < -0.4 is 15.4 Å². The molecule has 0 radical (unpaired) electrons. The summed E-state index contributed by atoms with van der Waals surface area (Å²) in [7, 11) is 1.19. The van der Waals surface area contributed by atoms with Crippen molar-refractivity contribution in [2.75, 3.05) is 31.7 Å². The third-order valence-electron chi connectivity index (χ3n) is 7.26. The Morgan fingerprint density at radius 1 is 1.15 bits per heavy atom. The average molecular weight is 545 g/mol. The number of rotatable bonds is 10. The molecule has 10 nitrogen and oxygen atoms in total. The lowest BCUT2D eigenvalue weighted by atomic mass is 9.84. The lowest BCUT2D eigenvalue weighted by Gasteiger charge is -2.33. The Hall–Kier alpha value is -3.14. The molecule has 2 aromatic rings. The van der Waals surface area contributed by atoms with Gasteiger partial charge in [-0.2, -0.15) is 4.98 Å². The number of aromatic nitrogens is 2. The molecule has 10 heteroatoms. The lowest BCUT2D eigenvalue weighted by Crippen LogP contribution is -2.55. The van der Waals surface area contributed by atoms with Crippen molar-refractivity contribution < 1.29 is 28.3 Å². The number of ether oxygens (including phenoxy) is 3. The smallest absolute Gasteiger partial charge is 0.343 e. The SMILES string of the molecule is COC(=O)C(N)(C(=O)OC(C)(C)C)c1ccc(OCC[C@@H](C)C2CCN(c3nc(C(C)C)no3)CC2)cc1C. The van der Waals surface area contributed by atoms with E-state index in [-0.39, 0.29) is 5.92 Å². The summed E-state index contributed by atoms with van der Waals surface area (Å²) in [5, 5.41) is 4.08. The van der Waals surface area contributed by atoms with E-state index in [2.05, 4.69) is 35.8 Å². The Kier molecular flexibility index (Phi) is 9.64. The molecule has 3 rings (SSSR count). The first-order valence-electron chi connectivity index (χ1n) is 13.7. The third kappa shape index (κ3) is 7.29. The maximum Gasteiger partial charge on any atom is 0.343 e. The van der Waals surface area contributed by atoms with Gasteiger partial charge in [0.05, 0.1) is 13.7 Å². The molecule has 2 atom stereocenters. The van der Waals surface area contributed by atoms with E-state index >= 15 is 0 Å². The summed E-state index contributed by atoms with van der Waals surface area (Å²) in [6.45, 7) is 15.6. The van der Waals surface area contributed by atoms with E-state index in [4.69, 9.17) is 24.5 Å². The molecule has 216 valence electrons. The number of anilines is 1. The summed E-state index contributed by atoms with van der Waals surface area (Å²) >= 11 is 0. The van der Waals surface area contributed by atoms with E-state index in [1.54, 1.807) is 45.9 Å². The number of hydrogen-bond donors (Lipinski definition) is 1. The van der Waals surface area contributed by atoms with Crippen LogP contribution in [0.15, 0.2) is 22.7 Å². The largest absolute Gasteiger partial charge is 0.494 e. The van der Waals surface area contributed by atoms with Gasteiger partial charge in [0.15, 0.2) is 5.82 Å². The molecule has 0 amide bonds. The highest BCUT2D eigenvalue weighted by Gasteiger charge is 2.49. The minimum absolute atomic E-state index is 0.246. The van der Waals surface area contributed by atoms with Gasteiger partial charge in [-0.25, -0.2) is 9.59 Å². The van der Waals surface area contributed by atoms with E-state index in [9.17, 15) is 9.59 Å². The Morgan fingerprint density at radius 3 is 2.36 bits per heavy atom. The molecule has 0 bridgehead atoms. The Balaban J connectivity index is 1.56. The second kappa shape index (κ2) is 12.4. The molecule has 1 fully saturated rings. The van der Waals surface area contributed by atoms with Gasteiger partial charge < -0.3 is 29.4 Å². The van der Waals surface area contributed by atoms with Crippen molar-refractivity contribution in [3.8, 4) is 5.75 Å². The summed E-state index contributed by atoms with van der Waals surface area (Å²) < 4.78 is 21.8. The predicted molar refractivity (Wildman–Crippen MR) is 148 cm³/mol. The predicted octanol–water partition coefficient (Wildman–Crippen LogP) is 4.49. The molecule has 2 heterocycles. The maximum atomic E-state index is 13.0. The summed E-state index contributed by atoms with van der Waals surface area (Å²) in [6, 6.07) is 5.75. The molecular formula is C29H44N4O6. The Labute approximate surface area is 231 Å². The van der Waals surface area contributed by atoms with Gasteiger partial charge in [0.2, 0.25) is 5.54 Å². The number of carbonyl (C=O) groups is 2. The number of esters is 2. The topological polar surface area (TPSA) is 130 Å². The Bertz CT molecular complexity index is 1130. The summed E-state index contributed by atoms with van der Waals surface area (Å²) in [6.07, 6.45) is 3.03. The normalized spacial score (nSPS) is 17.0. The van der Waals surface area contributed by atoms with Gasteiger partial charge in [-0.05, 0) is 82.1 Å². The van der Waals surface area contributed by atoms with Crippen LogP contribution >= 0.6 is 0 Å². The minimum Gasteiger partial charge on any atom is -0.494 e. The molecule has 0 saturated carbocycles. The van der Waals surface area contributed by atoms with Gasteiger partial charge in [-0.3, -0.25) is 0 Å². The fraction of sp³-hybridized carbons (Fsp3) is 0.655. The molecule has 1 unspecified atom stereocenters. The Morgan fingerprint density at radius 2 is 1.82 bits per heavy atom. The molecule has 2 N–H and O–H groups in total. The third-order valence-corrected chi connectivity index (χ3v) is 7.26. The van der Waals surface area contributed by atoms with Crippen LogP contribution in [0, 0.1) is 18.8 Å². The summed E-state index contributed by atoms with van der Waals surface area (Å²) in [5.74, 6) is 0.972. The first-order valence-corrected chi connectivity index (χ1v) is 13.7. The van der Waals surface area contributed by atoms with Crippen molar-refractivity contribution in [2.45, 2.75) is 84.8 Å². The quantitative estimate of drug-likeness (QED) is 0.337. The van der Waals surface area contributed by atoms with Crippen LogP contribution in [-0.4, -0.2) is 54.5 Å². The van der Waals surface area contributed by atoms with Gasteiger partial charge in [0.25, 0.3) is 0 Å². The monoisotopic (exact) mass is 544 g/mol. The maximum absolute atomic E-state index is 13.0. The van der Waals surface area contributed by atoms with Crippen LogP contribution in [-0.2, 0) is 24.6 Å². The van der Waals surface area contributed by atoms with E-state index in [0.717, 1.165) is 38.2 Å². The van der Waals surface area contributed by atoms with Crippen molar-refractivity contribution in [1.82, 2.24) is 10.1 Å². The number of piperidine rings is 1. The molecule has 1 aromatic heterocycles. The minimum atomic E-state index is -2.08. The van der Waals surface area contributed by atoms with Crippen molar-refractivity contribution in [2.24, 2.45) is 17.6 Å². The van der Waals surface area contributed by atoms with Crippen LogP contribution in [0.2, 0.25) is 0 Å². The second-order valence-corrected chi connectivity index (χ2v) is 11.8. The van der Waals surface area contributed by atoms with Crippen molar-refractivity contribution in [3.05, 3.63) is 35.2 Å². The molecular weight excluding hydrogens is 500 g/mol. The highest BCUT2D eigenvalue weighted by molar-refractivity contribution is 6.06. The average Bonchev–Trinajstić information content (AvgIpc) is 3.38. The molecule has 0 spiro atoms. The van der Waals surface area contributed by atoms with E-state index in [1.807, 2.05) is 0 Å². The molecule has 1 aliphatic rings. The number of carbonyl (C=O) groups excluding carboxylic acids is 2. The zero-order chi connectivity index (χ0) is 29.0. The van der Waals surface area contributed by atoms with E-state index in [1.165, 1.54) is 7.11 Å². The standard InChI is InChI=1S/C29H44N4O6/c1-18(2)24-31-27(39-32-24)33-14-11-21(12-15-33)19(3)13-16-37-22-9-10-23(20(4)17-22)29(30,25(34)36-8)26(35)38-28(5,6)7/h9-10,17-19,21H,11-16,30H2,1-8H3/t19-,29?/m1/s1. The zero-order valence-electron chi connectivity index (χ0n) is 24.6. The van der Waals surface area contributed by atoms with Crippen LogP contribution in [0.1, 0.15) is 83.7 Å². The van der Waals surface area contributed by atoms with Crippen LogP contribution in [0.5, 0.6) is 5.75 Å². The van der Waals surface area contributed by atoms with E-state index < -0.39 is 23.1 Å². The van der Waals surface area contributed by atoms with Gasteiger partial charge in [-0.15, -0.1) is 0 Å². The number of hydrogen-bond acceptors (Lipinski definition) is 10. The number of benzene rings is 1. The molecule has 1 saturated heterocycles. The lowest BCUT2D eigenvalue weighted by molar-refractivity contribution is -0.171. The second-order valence-electron chi connectivity index (χ2n) is 11.8. The van der Waals surface area contributed by atoms with Gasteiger partial charge in [0, 0.05) is 19.0 Å². The van der Waals surface area contributed by atoms with Gasteiger partial charge >= 0.3 is 18.0 Å². The molecule has 39 heavy (non-hydrogen) atoms. The molecule has 1 aromatic carbocycles. The van der Waals surface area contributed by atoms with E-state index in [0.29, 0.717) is 41.3 Å². The number of aryl methyl sites for hydroxylation is 1. The molecule has 1 aliphatic heterocycles. The summed E-state index contributed by atoms with van der Waals surface area (Å²) in [5.41, 5.74) is 4.41. The number of methoxy groups -OCH3 is 1. The van der Waals surface area contributed by atoms with Crippen LogP contribution in [0.4, 0.5) is 6.01 Å². The van der Waals surface area contributed by atoms with Crippen LogP contribution in [0.3, 0.4) is 0 Å². The highest BCUT2D eigenvalue weighted by atomic mass is 16.6. The first-order chi connectivity index (χ1) is 18.3. The van der Waals surface area contributed by atoms with Crippen LogP contribution in [0.25, 0.3) is 0 Å². The molecule has 0 aliphatic carbocycles. The first kappa shape index (κ1) is 30.4. The van der Waals surface area contributed by atoms with Crippen molar-refractivity contribution >= 4 is 18.0 Å². The fourth-order valence-corrected chi connectivity index (χ4v) is 4.84. The fourth-order valence-electron chi connectivity index (χ4n) is 4.84. The number of nitrogens with zero attached hydrogens (tertiary/aromatic N) is 3. The van der Waals surface area contributed by atoms with Crippen molar-refractivity contribution in [1.29, 1.82) is 0 Å². The van der Waals surface area contributed by atoms with Crippen molar-refractivity contribution in [3.63, 3.8) is 0 Å². The summed E-state index contributed by atoms with van der Waals surface area (Å²) in [4.78, 5) is 32.3. The highest BCUT2D eigenvalue weighted by Crippen LogP contribution is 2.32. The van der Waals surface area contributed by atoms with Gasteiger partial charge in [0.1, 0.15) is 11.4 Å².